The summed E-state index contributed by atoms with van der Waals surface area (Å²) in [6, 6.07) is 13.7. The Morgan fingerprint density at radius 2 is 1.55 bits per heavy atom. The lowest BCUT2D eigenvalue weighted by Gasteiger charge is -2.39. The van der Waals surface area contributed by atoms with Gasteiger partial charge in [-0.15, -0.1) is 0 Å². The minimum atomic E-state index is -0.787. The fourth-order valence-corrected chi connectivity index (χ4v) is 4.51. The van der Waals surface area contributed by atoms with E-state index in [4.69, 9.17) is 11.6 Å². The molecule has 7 heteroatoms. The number of hydrogen-bond acceptors (Lipinski definition) is 4. The molecule has 0 N–H and O–H groups in total. The number of benzene rings is 2. The van der Waals surface area contributed by atoms with E-state index in [0.717, 1.165) is 5.69 Å². The van der Waals surface area contributed by atoms with Gasteiger partial charge in [-0.3, -0.25) is 19.3 Å². The van der Waals surface area contributed by atoms with Crippen molar-refractivity contribution in [2.75, 3.05) is 31.1 Å². The number of carbonyl (C=O) groups is 3. The molecule has 0 radical (unpaired) electrons. The van der Waals surface area contributed by atoms with Crippen molar-refractivity contribution in [2.45, 2.75) is 26.3 Å². The Kier molecular flexibility index (Phi) is 6.01. The monoisotopic (exact) mass is 439 g/mol. The zero-order valence-corrected chi connectivity index (χ0v) is 18.5. The summed E-state index contributed by atoms with van der Waals surface area (Å²) in [6.45, 7) is 6.39. The second kappa shape index (κ2) is 8.71. The van der Waals surface area contributed by atoms with E-state index >= 15 is 0 Å². The Bertz CT molecular complexity index is 980. The van der Waals surface area contributed by atoms with Crippen LogP contribution in [0, 0.1) is 5.92 Å². The normalized spacial score (nSPS) is 17.4. The van der Waals surface area contributed by atoms with Crippen LogP contribution in [0.25, 0.3) is 0 Å². The minimum Gasteiger partial charge on any atom is -0.368 e. The van der Waals surface area contributed by atoms with Crippen LogP contribution in [0.1, 0.15) is 41.0 Å². The van der Waals surface area contributed by atoms with Gasteiger partial charge in [-0.05, 0) is 42.7 Å². The molecule has 2 aliphatic rings. The molecule has 0 aliphatic carbocycles. The number of halogens is 1. The number of nitrogens with zero attached hydrogens (tertiary/aromatic N) is 3. The summed E-state index contributed by atoms with van der Waals surface area (Å²) in [6.07, 6.45) is 0.443. The van der Waals surface area contributed by atoms with E-state index in [-0.39, 0.29) is 23.6 Å². The third-order valence-corrected chi connectivity index (χ3v) is 6.12. The van der Waals surface area contributed by atoms with Gasteiger partial charge in [0.1, 0.15) is 6.04 Å². The van der Waals surface area contributed by atoms with Crippen molar-refractivity contribution >= 4 is 35.0 Å². The van der Waals surface area contributed by atoms with Crippen molar-refractivity contribution in [3.05, 3.63) is 64.7 Å². The maximum atomic E-state index is 13.5. The van der Waals surface area contributed by atoms with Gasteiger partial charge >= 0.3 is 0 Å². The standard InChI is InChI=1S/C24H26ClN3O3/c1-16(2)14-21(28-22(29)19-8-3-4-9-20(19)23(28)30)24(31)27-12-10-26(11-13-27)18-7-5-6-17(25)15-18/h3-9,15-16,21H,10-14H2,1-2H3. The van der Waals surface area contributed by atoms with Crippen molar-refractivity contribution in [2.24, 2.45) is 5.92 Å². The molecule has 1 fully saturated rings. The lowest BCUT2D eigenvalue weighted by molar-refractivity contribution is -0.136. The number of rotatable bonds is 5. The molecule has 3 amide bonds. The molecule has 0 aromatic heterocycles. The highest BCUT2D eigenvalue weighted by atomic mass is 35.5. The average Bonchev–Trinajstić information content (AvgIpc) is 3.02. The topological polar surface area (TPSA) is 60.9 Å². The van der Waals surface area contributed by atoms with E-state index in [0.29, 0.717) is 48.7 Å². The smallest absolute Gasteiger partial charge is 0.262 e. The highest BCUT2D eigenvalue weighted by Crippen LogP contribution is 2.28. The van der Waals surface area contributed by atoms with E-state index in [1.807, 2.05) is 38.1 Å². The second-order valence-corrected chi connectivity index (χ2v) is 8.90. The van der Waals surface area contributed by atoms with Gasteiger partial charge in [0.05, 0.1) is 11.1 Å². The maximum absolute atomic E-state index is 13.5. The van der Waals surface area contributed by atoms with Crippen molar-refractivity contribution < 1.29 is 14.4 Å². The molecular formula is C24H26ClN3O3. The van der Waals surface area contributed by atoms with Gasteiger partial charge in [-0.2, -0.15) is 0 Å². The van der Waals surface area contributed by atoms with Crippen LogP contribution in [0.5, 0.6) is 0 Å². The SMILES string of the molecule is CC(C)CC(C(=O)N1CCN(c2cccc(Cl)c2)CC1)N1C(=O)c2ccccc2C1=O. The van der Waals surface area contributed by atoms with E-state index in [1.54, 1.807) is 29.2 Å². The molecule has 2 aliphatic heterocycles. The number of carbonyl (C=O) groups excluding carboxylic acids is 3. The first-order chi connectivity index (χ1) is 14.9. The molecule has 2 heterocycles. The highest BCUT2D eigenvalue weighted by molar-refractivity contribution is 6.30. The molecule has 0 saturated carbocycles. The van der Waals surface area contributed by atoms with Crippen LogP contribution in [0.3, 0.4) is 0 Å². The first-order valence-corrected chi connectivity index (χ1v) is 11.0. The summed E-state index contributed by atoms with van der Waals surface area (Å²) in [4.78, 5) is 44.6. The van der Waals surface area contributed by atoms with E-state index in [9.17, 15) is 14.4 Å². The summed E-state index contributed by atoms with van der Waals surface area (Å²) in [5.41, 5.74) is 1.78. The maximum Gasteiger partial charge on any atom is 0.262 e. The lowest BCUT2D eigenvalue weighted by Crippen LogP contribution is -2.56. The summed E-state index contributed by atoms with van der Waals surface area (Å²) in [5.74, 6) is -0.755. The van der Waals surface area contributed by atoms with Crippen LogP contribution >= 0.6 is 11.6 Å². The zero-order valence-electron chi connectivity index (χ0n) is 17.8. The molecule has 2 aromatic rings. The largest absolute Gasteiger partial charge is 0.368 e. The van der Waals surface area contributed by atoms with Crippen molar-refractivity contribution in [3.8, 4) is 0 Å². The zero-order chi connectivity index (χ0) is 22.1. The van der Waals surface area contributed by atoms with Crippen molar-refractivity contribution in [3.63, 3.8) is 0 Å². The predicted molar refractivity (Wildman–Crippen MR) is 120 cm³/mol. The molecular weight excluding hydrogens is 414 g/mol. The molecule has 6 nitrogen and oxygen atoms in total. The second-order valence-electron chi connectivity index (χ2n) is 8.46. The van der Waals surface area contributed by atoms with Crippen molar-refractivity contribution in [1.29, 1.82) is 0 Å². The Morgan fingerprint density at radius 1 is 0.935 bits per heavy atom. The van der Waals surface area contributed by atoms with Gasteiger partial charge in [-0.1, -0.05) is 43.6 Å². The molecule has 0 bridgehead atoms. The molecule has 1 unspecified atom stereocenters. The molecule has 2 aromatic carbocycles. The van der Waals surface area contributed by atoms with Crippen LogP contribution in [-0.4, -0.2) is 59.7 Å². The number of amides is 3. The Balaban J connectivity index is 1.51. The summed E-state index contributed by atoms with van der Waals surface area (Å²) in [5, 5.41) is 0.679. The molecule has 162 valence electrons. The van der Waals surface area contributed by atoms with Crippen LogP contribution in [0.4, 0.5) is 5.69 Å². The minimum absolute atomic E-state index is 0.158. The summed E-state index contributed by atoms with van der Waals surface area (Å²) < 4.78 is 0. The fraction of sp³-hybridized carbons (Fsp3) is 0.375. The van der Waals surface area contributed by atoms with Crippen molar-refractivity contribution in [1.82, 2.24) is 9.80 Å². The first kappa shape index (κ1) is 21.4. The Morgan fingerprint density at radius 3 is 2.10 bits per heavy atom. The molecule has 1 atom stereocenters. The summed E-state index contributed by atoms with van der Waals surface area (Å²) in [7, 11) is 0. The Labute approximate surface area is 187 Å². The predicted octanol–water partition coefficient (Wildman–Crippen LogP) is 3.70. The number of piperazine rings is 1. The molecule has 31 heavy (non-hydrogen) atoms. The molecule has 1 saturated heterocycles. The average molecular weight is 440 g/mol. The third kappa shape index (κ3) is 4.17. The Hall–Kier alpha value is -2.86. The van der Waals surface area contributed by atoms with Gasteiger partial charge in [0.2, 0.25) is 5.91 Å². The van der Waals surface area contributed by atoms with Gasteiger partial charge in [0.15, 0.2) is 0 Å². The fourth-order valence-electron chi connectivity index (χ4n) is 4.32. The van der Waals surface area contributed by atoms with Gasteiger partial charge in [0, 0.05) is 36.9 Å². The van der Waals surface area contributed by atoms with Crippen LogP contribution in [-0.2, 0) is 4.79 Å². The van der Waals surface area contributed by atoms with Crippen LogP contribution < -0.4 is 4.90 Å². The van der Waals surface area contributed by atoms with Gasteiger partial charge < -0.3 is 9.80 Å². The summed E-state index contributed by atoms with van der Waals surface area (Å²) >= 11 is 6.11. The van der Waals surface area contributed by atoms with Crippen LogP contribution in [0.2, 0.25) is 5.02 Å². The molecule has 4 rings (SSSR count). The van der Waals surface area contributed by atoms with E-state index in [2.05, 4.69) is 4.90 Å². The van der Waals surface area contributed by atoms with E-state index in [1.165, 1.54) is 4.90 Å². The van der Waals surface area contributed by atoms with E-state index < -0.39 is 6.04 Å². The lowest BCUT2D eigenvalue weighted by atomic mass is 10.0. The van der Waals surface area contributed by atoms with Crippen LogP contribution in [0.15, 0.2) is 48.5 Å². The van der Waals surface area contributed by atoms with Gasteiger partial charge in [-0.25, -0.2) is 0 Å². The number of hydrogen-bond donors (Lipinski definition) is 0. The van der Waals surface area contributed by atoms with Gasteiger partial charge in [0.25, 0.3) is 11.8 Å². The molecule has 0 spiro atoms. The number of fused-ring (bicyclic) bond motifs is 1. The highest BCUT2D eigenvalue weighted by Gasteiger charge is 2.44. The number of imide groups is 1. The quantitative estimate of drug-likeness (QED) is 0.666. The number of anilines is 1. The third-order valence-electron chi connectivity index (χ3n) is 5.88. The first-order valence-electron chi connectivity index (χ1n) is 10.6.